The maximum Gasteiger partial charge on any atom is -0.00399 e. The van der Waals surface area contributed by atoms with E-state index in [4.69, 9.17) is 5.73 Å². The SMILES string of the molecule is C=C(CCN)C1CCSCC1. The summed E-state index contributed by atoms with van der Waals surface area (Å²) in [5, 5.41) is 0. The highest BCUT2D eigenvalue weighted by Crippen LogP contribution is 2.28. The van der Waals surface area contributed by atoms with E-state index in [2.05, 4.69) is 18.3 Å². The lowest BCUT2D eigenvalue weighted by Crippen LogP contribution is -2.13. The van der Waals surface area contributed by atoms with E-state index in [1.54, 1.807) is 0 Å². The number of rotatable bonds is 3. The van der Waals surface area contributed by atoms with Gasteiger partial charge in [-0.2, -0.15) is 11.8 Å². The first-order chi connectivity index (χ1) is 5.34. The maximum atomic E-state index is 5.47. The molecule has 0 aliphatic carbocycles. The second-order valence-electron chi connectivity index (χ2n) is 3.08. The highest BCUT2D eigenvalue weighted by Gasteiger charge is 2.15. The Morgan fingerprint density at radius 2 is 2.09 bits per heavy atom. The predicted octanol–water partition coefficient (Wildman–Crippen LogP) is 2.03. The summed E-state index contributed by atoms with van der Waals surface area (Å²) < 4.78 is 0. The first-order valence-corrected chi connectivity index (χ1v) is 5.45. The molecule has 1 fully saturated rings. The molecule has 2 N–H and O–H groups in total. The summed E-state index contributed by atoms with van der Waals surface area (Å²) >= 11 is 2.06. The Labute approximate surface area is 73.4 Å². The fraction of sp³-hybridized carbons (Fsp3) is 0.778. The number of hydrogen-bond acceptors (Lipinski definition) is 2. The molecule has 11 heavy (non-hydrogen) atoms. The molecule has 0 aromatic heterocycles. The Morgan fingerprint density at radius 1 is 1.45 bits per heavy atom. The first kappa shape index (κ1) is 9.14. The third-order valence-corrected chi connectivity index (χ3v) is 3.31. The van der Waals surface area contributed by atoms with Gasteiger partial charge in [0.25, 0.3) is 0 Å². The molecule has 0 saturated carbocycles. The van der Waals surface area contributed by atoms with Crippen LogP contribution < -0.4 is 5.73 Å². The predicted molar refractivity (Wildman–Crippen MR) is 52.9 cm³/mol. The van der Waals surface area contributed by atoms with E-state index < -0.39 is 0 Å². The molecule has 0 aromatic rings. The summed E-state index contributed by atoms with van der Waals surface area (Å²) in [6.45, 7) is 4.85. The van der Waals surface area contributed by atoms with Crippen LogP contribution in [0.15, 0.2) is 12.2 Å². The van der Waals surface area contributed by atoms with Gasteiger partial charge >= 0.3 is 0 Å². The Balaban J connectivity index is 2.27. The van der Waals surface area contributed by atoms with E-state index in [0.29, 0.717) is 0 Å². The standard InChI is InChI=1S/C9H17NS/c1-8(2-5-10)9-3-6-11-7-4-9/h9H,1-7,10H2. The van der Waals surface area contributed by atoms with Crippen LogP contribution in [0.2, 0.25) is 0 Å². The van der Waals surface area contributed by atoms with Crippen LogP contribution in [-0.4, -0.2) is 18.1 Å². The molecule has 0 spiro atoms. The Morgan fingerprint density at radius 3 is 2.64 bits per heavy atom. The highest BCUT2D eigenvalue weighted by atomic mass is 32.2. The van der Waals surface area contributed by atoms with Crippen molar-refractivity contribution in [3.63, 3.8) is 0 Å². The lowest BCUT2D eigenvalue weighted by molar-refractivity contribution is 0.550. The quantitative estimate of drug-likeness (QED) is 0.658. The highest BCUT2D eigenvalue weighted by molar-refractivity contribution is 7.99. The average molecular weight is 171 g/mol. The maximum absolute atomic E-state index is 5.47. The van der Waals surface area contributed by atoms with Crippen molar-refractivity contribution in [2.45, 2.75) is 19.3 Å². The Bertz CT molecular complexity index is 128. The molecule has 1 nitrogen and oxygen atoms in total. The second-order valence-corrected chi connectivity index (χ2v) is 4.31. The summed E-state index contributed by atoms with van der Waals surface area (Å²) in [7, 11) is 0. The van der Waals surface area contributed by atoms with E-state index in [9.17, 15) is 0 Å². The van der Waals surface area contributed by atoms with Gasteiger partial charge in [0.1, 0.15) is 0 Å². The molecule has 1 saturated heterocycles. The molecule has 2 heteroatoms. The summed E-state index contributed by atoms with van der Waals surface area (Å²) in [5.74, 6) is 3.41. The molecule has 0 aromatic carbocycles. The molecule has 0 bridgehead atoms. The van der Waals surface area contributed by atoms with Gasteiger partial charge in [0.2, 0.25) is 0 Å². The van der Waals surface area contributed by atoms with Gasteiger partial charge in [-0.25, -0.2) is 0 Å². The zero-order chi connectivity index (χ0) is 8.10. The van der Waals surface area contributed by atoms with Crippen LogP contribution in [0.3, 0.4) is 0 Å². The molecule has 1 aliphatic rings. The van der Waals surface area contributed by atoms with Gasteiger partial charge in [0.05, 0.1) is 0 Å². The third-order valence-electron chi connectivity index (χ3n) is 2.26. The number of hydrogen-bond donors (Lipinski definition) is 1. The molecular formula is C9H17NS. The normalized spacial score (nSPS) is 20.1. The summed E-state index contributed by atoms with van der Waals surface area (Å²) in [5.41, 5.74) is 6.85. The smallest absolute Gasteiger partial charge is 0.00399 e. The van der Waals surface area contributed by atoms with Gasteiger partial charge in [-0.15, -0.1) is 0 Å². The van der Waals surface area contributed by atoms with E-state index in [0.717, 1.165) is 18.9 Å². The third kappa shape index (κ3) is 2.88. The zero-order valence-electron chi connectivity index (χ0n) is 7.01. The molecular weight excluding hydrogens is 154 g/mol. The van der Waals surface area contributed by atoms with Gasteiger partial charge < -0.3 is 5.73 Å². The van der Waals surface area contributed by atoms with Gasteiger partial charge in [-0.1, -0.05) is 12.2 Å². The van der Waals surface area contributed by atoms with Crippen molar-refractivity contribution in [2.24, 2.45) is 11.7 Å². The number of nitrogens with two attached hydrogens (primary N) is 1. The molecule has 64 valence electrons. The van der Waals surface area contributed by atoms with E-state index in [-0.39, 0.29) is 0 Å². The topological polar surface area (TPSA) is 26.0 Å². The monoisotopic (exact) mass is 171 g/mol. The van der Waals surface area contributed by atoms with Crippen molar-refractivity contribution in [1.82, 2.24) is 0 Å². The van der Waals surface area contributed by atoms with Gasteiger partial charge in [0.15, 0.2) is 0 Å². The molecule has 0 atom stereocenters. The summed E-state index contributed by atoms with van der Waals surface area (Å²) in [6, 6.07) is 0. The van der Waals surface area contributed by atoms with Gasteiger partial charge in [-0.3, -0.25) is 0 Å². The zero-order valence-corrected chi connectivity index (χ0v) is 7.83. The largest absolute Gasteiger partial charge is 0.330 e. The van der Waals surface area contributed by atoms with Crippen LogP contribution in [0.4, 0.5) is 0 Å². The van der Waals surface area contributed by atoms with E-state index >= 15 is 0 Å². The van der Waals surface area contributed by atoms with Crippen molar-refractivity contribution < 1.29 is 0 Å². The molecule has 0 amide bonds. The second kappa shape index (κ2) is 4.83. The molecule has 1 aliphatic heterocycles. The average Bonchev–Trinajstić information content (AvgIpc) is 2.07. The van der Waals surface area contributed by atoms with Gasteiger partial charge in [0, 0.05) is 0 Å². The van der Waals surface area contributed by atoms with Crippen molar-refractivity contribution in [3.05, 3.63) is 12.2 Å². The van der Waals surface area contributed by atoms with Crippen LogP contribution in [0.25, 0.3) is 0 Å². The minimum Gasteiger partial charge on any atom is -0.330 e. The van der Waals surface area contributed by atoms with Crippen LogP contribution in [0.1, 0.15) is 19.3 Å². The minimum atomic E-state index is 0.766. The van der Waals surface area contributed by atoms with Crippen molar-refractivity contribution in [1.29, 1.82) is 0 Å². The van der Waals surface area contributed by atoms with Crippen molar-refractivity contribution in [3.8, 4) is 0 Å². The number of thioether (sulfide) groups is 1. The van der Waals surface area contributed by atoms with Crippen LogP contribution in [0, 0.1) is 5.92 Å². The van der Waals surface area contributed by atoms with Crippen LogP contribution in [0.5, 0.6) is 0 Å². The fourth-order valence-electron chi connectivity index (χ4n) is 1.50. The first-order valence-electron chi connectivity index (χ1n) is 4.30. The fourth-order valence-corrected chi connectivity index (χ4v) is 2.60. The lowest BCUT2D eigenvalue weighted by Gasteiger charge is -2.23. The van der Waals surface area contributed by atoms with Crippen molar-refractivity contribution in [2.75, 3.05) is 18.1 Å². The van der Waals surface area contributed by atoms with Crippen LogP contribution >= 0.6 is 11.8 Å². The van der Waals surface area contributed by atoms with E-state index in [1.165, 1.54) is 29.9 Å². The summed E-state index contributed by atoms with van der Waals surface area (Å²) in [6.07, 6.45) is 3.67. The Kier molecular flexibility index (Phi) is 4.02. The summed E-state index contributed by atoms with van der Waals surface area (Å²) in [4.78, 5) is 0. The van der Waals surface area contributed by atoms with Crippen LogP contribution in [-0.2, 0) is 0 Å². The molecule has 1 rings (SSSR count). The van der Waals surface area contributed by atoms with E-state index in [1.807, 2.05) is 0 Å². The lowest BCUT2D eigenvalue weighted by atomic mass is 9.92. The molecule has 0 unspecified atom stereocenters. The van der Waals surface area contributed by atoms with Crippen molar-refractivity contribution >= 4 is 11.8 Å². The Hall–Kier alpha value is 0.0500. The minimum absolute atomic E-state index is 0.766. The van der Waals surface area contributed by atoms with Gasteiger partial charge in [-0.05, 0) is 43.2 Å². The molecule has 1 heterocycles. The molecule has 0 radical (unpaired) electrons.